The monoisotopic (exact) mass is 360 g/mol. The van der Waals surface area contributed by atoms with E-state index in [0.29, 0.717) is 5.69 Å². The highest BCUT2D eigenvalue weighted by atomic mass is 32.2. The summed E-state index contributed by atoms with van der Waals surface area (Å²) in [6.45, 7) is 7.63. The van der Waals surface area contributed by atoms with Crippen molar-refractivity contribution in [2.45, 2.75) is 24.8 Å². The number of hydrogen-bond donors (Lipinski definition) is 1. The summed E-state index contributed by atoms with van der Waals surface area (Å²) in [6.07, 6.45) is 0.0384. The fraction of sp³-hybridized carbons (Fsp3) is 0.368. The number of benzene rings is 2. The van der Waals surface area contributed by atoms with E-state index in [9.17, 15) is 8.42 Å². The highest BCUT2D eigenvalue weighted by molar-refractivity contribution is 7.92. The number of morpholine rings is 1. The number of aryl methyl sites for hydroxylation is 1. The van der Waals surface area contributed by atoms with Gasteiger partial charge in [0.2, 0.25) is 0 Å². The van der Waals surface area contributed by atoms with Gasteiger partial charge in [0, 0.05) is 18.8 Å². The predicted molar refractivity (Wildman–Crippen MR) is 99.2 cm³/mol. The summed E-state index contributed by atoms with van der Waals surface area (Å²) < 4.78 is 33.3. The van der Waals surface area contributed by atoms with E-state index in [-0.39, 0.29) is 11.0 Å². The third kappa shape index (κ3) is 4.39. The van der Waals surface area contributed by atoms with Crippen molar-refractivity contribution in [1.29, 1.82) is 0 Å². The number of sulfonamides is 1. The van der Waals surface area contributed by atoms with Gasteiger partial charge in [-0.25, -0.2) is 8.42 Å². The molecule has 1 aliphatic rings. The molecule has 0 radical (unpaired) electrons. The molecule has 2 aromatic carbocycles. The molecule has 0 bridgehead atoms. The molecule has 25 heavy (non-hydrogen) atoms. The van der Waals surface area contributed by atoms with Gasteiger partial charge in [-0.05, 0) is 43.3 Å². The average molecular weight is 360 g/mol. The highest BCUT2D eigenvalue weighted by Crippen LogP contribution is 2.24. The molecule has 1 N–H and O–H groups in total. The number of hydrogen-bond acceptors (Lipinski definition) is 4. The Kier molecular flexibility index (Phi) is 5.42. The maximum atomic E-state index is 12.4. The third-order valence-electron chi connectivity index (χ3n) is 4.46. The Hall–Kier alpha value is -1.89. The van der Waals surface area contributed by atoms with Crippen molar-refractivity contribution >= 4 is 15.7 Å². The van der Waals surface area contributed by atoms with E-state index in [1.54, 1.807) is 36.4 Å². The van der Waals surface area contributed by atoms with E-state index < -0.39 is 10.0 Å². The first-order valence-corrected chi connectivity index (χ1v) is 9.99. The Bertz CT molecular complexity index is 802. The van der Waals surface area contributed by atoms with Crippen LogP contribution in [0.15, 0.2) is 53.4 Å². The molecule has 6 heteroatoms. The van der Waals surface area contributed by atoms with Gasteiger partial charge in [-0.2, -0.15) is 0 Å². The molecule has 5 nitrogen and oxygen atoms in total. The molecule has 0 aromatic heterocycles. The molecule has 1 aliphatic heterocycles. The lowest BCUT2D eigenvalue weighted by Crippen LogP contribution is -2.38. The van der Waals surface area contributed by atoms with Crippen LogP contribution < -0.4 is 4.72 Å². The molecule has 0 saturated carbocycles. The van der Waals surface area contributed by atoms with E-state index in [1.807, 2.05) is 19.1 Å². The van der Waals surface area contributed by atoms with Gasteiger partial charge in [0.25, 0.3) is 10.0 Å². The summed E-state index contributed by atoms with van der Waals surface area (Å²) in [5.74, 6) is 0. The second-order valence-electron chi connectivity index (χ2n) is 6.29. The zero-order valence-corrected chi connectivity index (χ0v) is 15.4. The largest absolute Gasteiger partial charge is 0.371 e. The van der Waals surface area contributed by atoms with E-state index in [0.717, 1.165) is 37.4 Å². The van der Waals surface area contributed by atoms with Crippen molar-refractivity contribution in [2.24, 2.45) is 0 Å². The molecule has 0 spiro atoms. The number of nitrogens with zero attached hydrogens (tertiary/aromatic N) is 1. The summed E-state index contributed by atoms with van der Waals surface area (Å²) in [5.41, 5.74) is 2.64. The smallest absolute Gasteiger partial charge is 0.261 e. The Labute approximate surface area is 149 Å². The summed E-state index contributed by atoms with van der Waals surface area (Å²) in [7, 11) is -3.57. The normalized spacial score (nSPS) is 18.9. The second-order valence-corrected chi connectivity index (χ2v) is 7.98. The average Bonchev–Trinajstić information content (AvgIpc) is 2.62. The van der Waals surface area contributed by atoms with Crippen molar-refractivity contribution in [1.82, 2.24) is 4.90 Å². The van der Waals surface area contributed by atoms with E-state index in [1.165, 1.54) is 0 Å². The molecule has 0 amide bonds. The van der Waals surface area contributed by atoms with Crippen LogP contribution in [0.2, 0.25) is 0 Å². The zero-order valence-electron chi connectivity index (χ0n) is 14.6. The lowest BCUT2D eigenvalue weighted by Gasteiger charge is -2.32. The minimum atomic E-state index is -3.57. The summed E-state index contributed by atoms with van der Waals surface area (Å²) in [4.78, 5) is 2.61. The first kappa shape index (κ1) is 17.9. The first-order chi connectivity index (χ1) is 12.0. The predicted octanol–water partition coefficient (Wildman–Crippen LogP) is 3.19. The van der Waals surface area contributed by atoms with Crippen molar-refractivity contribution in [3.8, 4) is 0 Å². The van der Waals surface area contributed by atoms with Crippen LogP contribution >= 0.6 is 0 Å². The second kappa shape index (κ2) is 7.56. The molecule has 1 heterocycles. The molecule has 1 unspecified atom stereocenters. The molecular weight excluding hydrogens is 336 g/mol. The van der Waals surface area contributed by atoms with Crippen LogP contribution in [0.25, 0.3) is 0 Å². The number of nitrogens with one attached hydrogen (secondary N) is 1. The quantitative estimate of drug-likeness (QED) is 0.890. The number of ether oxygens (including phenoxy) is 1. The Morgan fingerprint density at radius 1 is 1.12 bits per heavy atom. The van der Waals surface area contributed by atoms with Crippen LogP contribution in [0, 0.1) is 6.92 Å². The van der Waals surface area contributed by atoms with Gasteiger partial charge < -0.3 is 4.74 Å². The van der Waals surface area contributed by atoms with Crippen molar-refractivity contribution in [3.05, 3.63) is 59.7 Å². The standard InChI is InChI=1S/C19H24N2O3S/c1-3-21-12-13-24-19(14-21)16-6-8-17(9-7-16)20-25(22,23)18-10-4-15(2)5-11-18/h4-11,19-20H,3,12-14H2,1-2H3. The van der Waals surface area contributed by atoms with Crippen molar-refractivity contribution < 1.29 is 13.2 Å². The molecule has 1 saturated heterocycles. The Morgan fingerprint density at radius 3 is 2.44 bits per heavy atom. The van der Waals surface area contributed by atoms with Gasteiger partial charge >= 0.3 is 0 Å². The highest BCUT2D eigenvalue weighted by Gasteiger charge is 2.21. The van der Waals surface area contributed by atoms with Crippen LogP contribution in [0.3, 0.4) is 0 Å². The minimum absolute atomic E-state index is 0.0384. The van der Waals surface area contributed by atoms with Crippen LogP contribution in [0.1, 0.15) is 24.2 Å². The van der Waals surface area contributed by atoms with Crippen LogP contribution in [0.5, 0.6) is 0 Å². The fourth-order valence-electron chi connectivity index (χ4n) is 2.89. The maximum absolute atomic E-state index is 12.4. The molecule has 1 atom stereocenters. The third-order valence-corrected chi connectivity index (χ3v) is 5.86. The summed E-state index contributed by atoms with van der Waals surface area (Å²) in [6, 6.07) is 14.2. The van der Waals surface area contributed by atoms with Gasteiger partial charge in [-0.3, -0.25) is 9.62 Å². The van der Waals surface area contributed by atoms with E-state index in [2.05, 4.69) is 16.5 Å². The lowest BCUT2D eigenvalue weighted by atomic mass is 10.1. The summed E-state index contributed by atoms with van der Waals surface area (Å²) >= 11 is 0. The molecule has 0 aliphatic carbocycles. The molecule has 1 fully saturated rings. The van der Waals surface area contributed by atoms with Crippen molar-refractivity contribution in [3.63, 3.8) is 0 Å². The molecule has 3 rings (SSSR count). The first-order valence-electron chi connectivity index (χ1n) is 8.51. The maximum Gasteiger partial charge on any atom is 0.261 e. The van der Waals surface area contributed by atoms with Crippen molar-refractivity contribution in [2.75, 3.05) is 31.0 Å². The molecule has 2 aromatic rings. The van der Waals surface area contributed by atoms with Gasteiger partial charge in [0.05, 0.1) is 17.6 Å². The zero-order chi connectivity index (χ0) is 17.9. The number of rotatable bonds is 5. The van der Waals surface area contributed by atoms with Crippen LogP contribution in [-0.4, -0.2) is 39.6 Å². The number of likely N-dealkylation sites (N-methyl/N-ethyl adjacent to an activating group) is 1. The number of anilines is 1. The lowest BCUT2D eigenvalue weighted by molar-refractivity contribution is -0.0281. The van der Waals surface area contributed by atoms with Gasteiger partial charge in [-0.1, -0.05) is 36.8 Å². The van der Waals surface area contributed by atoms with Gasteiger partial charge in [-0.15, -0.1) is 0 Å². The van der Waals surface area contributed by atoms with Crippen LogP contribution in [-0.2, 0) is 14.8 Å². The summed E-state index contributed by atoms with van der Waals surface area (Å²) in [5, 5.41) is 0. The van der Waals surface area contributed by atoms with E-state index in [4.69, 9.17) is 4.74 Å². The Balaban J connectivity index is 1.71. The SMILES string of the molecule is CCN1CCOC(c2ccc(NS(=O)(=O)c3ccc(C)cc3)cc2)C1. The minimum Gasteiger partial charge on any atom is -0.371 e. The van der Waals surface area contributed by atoms with E-state index >= 15 is 0 Å². The van der Waals surface area contributed by atoms with Crippen LogP contribution in [0.4, 0.5) is 5.69 Å². The Morgan fingerprint density at radius 2 is 1.80 bits per heavy atom. The van der Waals surface area contributed by atoms with Gasteiger partial charge in [0.15, 0.2) is 0 Å². The molecule has 134 valence electrons. The topological polar surface area (TPSA) is 58.6 Å². The fourth-order valence-corrected chi connectivity index (χ4v) is 3.95. The molecular formula is C19H24N2O3S. The van der Waals surface area contributed by atoms with Gasteiger partial charge in [0.1, 0.15) is 0 Å².